The first kappa shape index (κ1) is 18.3. The zero-order valence-corrected chi connectivity index (χ0v) is 14.7. The number of amides is 1. The molecule has 0 saturated carbocycles. The van der Waals surface area contributed by atoms with Crippen LogP contribution in [0, 0.1) is 10.1 Å². The number of halogens is 1. The molecule has 1 aromatic heterocycles. The van der Waals surface area contributed by atoms with E-state index in [1.54, 1.807) is 41.3 Å². The lowest BCUT2D eigenvalue weighted by atomic mass is 10.1. The molecule has 0 fully saturated rings. The van der Waals surface area contributed by atoms with Gasteiger partial charge in [-0.15, -0.1) is 0 Å². The smallest absolute Gasteiger partial charge is 0.267 e. The minimum absolute atomic E-state index is 0.00587. The summed E-state index contributed by atoms with van der Waals surface area (Å²) >= 11 is 5.83. The molecule has 0 radical (unpaired) electrons. The molecule has 0 aliphatic carbocycles. The SMILES string of the molecule is O=C(NN=Cc1ccc([N+](=O)[O-])cc1)c1ccc(Cn2cc(Cl)cn2)cc1. The van der Waals surface area contributed by atoms with Crippen molar-refractivity contribution in [2.45, 2.75) is 6.54 Å². The number of carbonyl (C=O) groups excluding carboxylic acids is 1. The van der Waals surface area contributed by atoms with Crippen molar-refractivity contribution >= 4 is 29.4 Å². The van der Waals surface area contributed by atoms with Crippen LogP contribution in [0.3, 0.4) is 0 Å². The Balaban J connectivity index is 1.56. The first-order valence-corrected chi connectivity index (χ1v) is 8.24. The van der Waals surface area contributed by atoms with E-state index < -0.39 is 4.92 Å². The minimum atomic E-state index is -0.479. The van der Waals surface area contributed by atoms with Gasteiger partial charge in [-0.2, -0.15) is 10.2 Å². The maximum absolute atomic E-state index is 12.1. The Morgan fingerprint density at radius 3 is 2.52 bits per heavy atom. The molecule has 1 amide bonds. The molecule has 0 spiro atoms. The van der Waals surface area contributed by atoms with Gasteiger partial charge in [-0.3, -0.25) is 19.6 Å². The number of hydrogen-bond acceptors (Lipinski definition) is 5. The minimum Gasteiger partial charge on any atom is -0.267 e. The number of benzene rings is 2. The van der Waals surface area contributed by atoms with Crippen LogP contribution < -0.4 is 5.43 Å². The number of hydrogen-bond donors (Lipinski definition) is 1. The molecule has 136 valence electrons. The Morgan fingerprint density at radius 2 is 1.93 bits per heavy atom. The first-order chi connectivity index (χ1) is 13.0. The highest BCUT2D eigenvalue weighted by Gasteiger charge is 2.05. The third-order valence-electron chi connectivity index (χ3n) is 3.65. The van der Waals surface area contributed by atoms with Crippen LogP contribution in [-0.4, -0.2) is 26.8 Å². The van der Waals surface area contributed by atoms with Crippen LogP contribution >= 0.6 is 11.6 Å². The summed E-state index contributed by atoms with van der Waals surface area (Å²) in [6, 6.07) is 12.9. The van der Waals surface area contributed by atoms with Crippen molar-refractivity contribution in [1.29, 1.82) is 0 Å². The van der Waals surface area contributed by atoms with Gasteiger partial charge in [-0.1, -0.05) is 23.7 Å². The molecule has 0 bridgehead atoms. The number of aromatic nitrogens is 2. The van der Waals surface area contributed by atoms with Crippen LogP contribution in [0.1, 0.15) is 21.5 Å². The van der Waals surface area contributed by atoms with E-state index in [2.05, 4.69) is 15.6 Å². The number of hydrazone groups is 1. The molecule has 0 aliphatic heterocycles. The molecule has 2 aromatic carbocycles. The van der Waals surface area contributed by atoms with Gasteiger partial charge in [0.1, 0.15) is 0 Å². The van der Waals surface area contributed by atoms with Crippen LogP contribution in [0.4, 0.5) is 5.69 Å². The van der Waals surface area contributed by atoms with E-state index in [-0.39, 0.29) is 11.6 Å². The predicted octanol–water partition coefficient (Wildman–Crippen LogP) is 3.26. The second kappa shape index (κ2) is 8.24. The summed E-state index contributed by atoms with van der Waals surface area (Å²) in [5.41, 5.74) is 4.48. The van der Waals surface area contributed by atoms with Gasteiger partial charge in [0.15, 0.2) is 0 Å². The van der Waals surface area contributed by atoms with Gasteiger partial charge in [0, 0.05) is 23.9 Å². The highest BCUT2D eigenvalue weighted by atomic mass is 35.5. The molecule has 27 heavy (non-hydrogen) atoms. The van der Waals surface area contributed by atoms with Crippen molar-refractivity contribution in [2.75, 3.05) is 0 Å². The standard InChI is InChI=1S/C18H14ClN5O3/c19-16-10-21-23(12-16)11-14-1-5-15(6-2-14)18(25)22-20-9-13-3-7-17(8-4-13)24(26)27/h1-10,12H,11H2,(H,22,25). The summed E-state index contributed by atoms with van der Waals surface area (Å²) in [5, 5.41) is 19.1. The Morgan fingerprint density at radius 1 is 1.22 bits per heavy atom. The molecule has 1 heterocycles. The van der Waals surface area contributed by atoms with Crippen LogP contribution in [0.5, 0.6) is 0 Å². The van der Waals surface area contributed by atoms with Crippen LogP contribution in [0.2, 0.25) is 5.02 Å². The van der Waals surface area contributed by atoms with E-state index in [1.165, 1.54) is 18.3 Å². The Hall–Kier alpha value is -3.52. The average Bonchev–Trinajstić information content (AvgIpc) is 3.07. The quantitative estimate of drug-likeness (QED) is 0.401. The second-order valence-electron chi connectivity index (χ2n) is 5.60. The zero-order valence-electron chi connectivity index (χ0n) is 13.9. The van der Waals surface area contributed by atoms with Gasteiger partial charge in [-0.05, 0) is 35.4 Å². The fourth-order valence-corrected chi connectivity index (χ4v) is 2.44. The number of nitro benzene ring substituents is 1. The summed E-state index contributed by atoms with van der Waals surface area (Å²) < 4.78 is 1.70. The van der Waals surface area contributed by atoms with E-state index in [1.807, 2.05) is 12.1 Å². The maximum atomic E-state index is 12.1. The summed E-state index contributed by atoms with van der Waals surface area (Å²) in [7, 11) is 0. The number of nitrogens with one attached hydrogen (secondary N) is 1. The number of carbonyl (C=O) groups is 1. The van der Waals surface area contributed by atoms with Crippen molar-refractivity contribution in [3.63, 3.8) is 0 Å². The lowest BCUT2D eigenvalue weighted by molar-refractivity contribution is -0.384. The number of rotatable bonds is 6. The highest BCUT2D eigenvalue weighted by molar-refractivity contribution is 6.30. The van der Waals surface area contributed by atoms with Crippen LogP contribution in [-0.2, 0) is 6.54 Å². The van der Waals surface area contributed by atoms with E-state index in [0.29, 0.717) is 22.7 Å². The van der Waals surface area contributed by atoms with Crippen molar-refractivity contribution in [3.05, 3.63) is 92.8 Å². The molecule has 0 atom stereocenters. The topological polar surface area (TPSA) is 102 Å². The Labute approximate surface area is 159 Å². The Kier molecular flexibility index (Phi) is 5.58. The van der Waals surface area contributed by atoms with Crippen molar-refractivity contribution < 1.29 is 9.72 Å². The monoisotopic (exact) mass is 383 g/mol. The van der Waals surface area contributed by atoms with Crippen molar-refractivity contribution in [3.8, 4) is 0 Å². The molecule has 3 aromatic rings. The summed E-state index contributed by atoms with van der Waals surface area (Å²) in [6.45, 7) is 0.549. The summed E-state index contributed by atoms with van der Waals surface area (Å²) in [5.74, 6) is -0.359. The average molecular weight is 384 g/mol. The largest absolute Gasteiger partial charge is 0.271 e. The van der Waals surface area contributed by atoms with Crippen LogP contribution in [0.25, 0.3) is 0 Å². The third kappa shape index (κ3) is 4.99. The number of non-ortho nitro benzene ring substituents is 1. The molecule has 0 aliphatic rings. The lowest BCUT2D eigenvalue weighted by Crippen LogP contribution is -2.17. The van der Waals surface area contributed by atoms with Gasteiger partial charge in [0.05, 0.1) is 28.9 Å². The molecule has 0 unspecified atom stereocenters. The van der Waals surface area contributed by atoms with E-state index in [9.17, 15) is 14.9 Å². The number of nitro groups is 1. The molecule has 1 N–H and O–H groups in total. The lowest BCUT2D eigenvalue weighted by Gasteiger charge is -2.04. The molecule has 0 saturated heterocycles. The van der Waals surface area contributed by atoms with E-state index in [4.69, 9.17) is 11.6 Å². The second-order valence-corrected chi connectivity index (χ2v) is 6.04. The predicted molar refractivity (Wildman–Crippen MR) is 101 cm³/mol. The molecular formula is C18H14ClN5O3. The fraction of sp³-hybridized carbons (Fsp3) is 0.0556. The summed E-state index contributed by atoms with van der Waals surface area (Å²) in [4.78, 5) is 22.2. The van der Waals surface area contributed by atoms with Gasteiger partial charge in [-0.25, -0.2) is 5.43 Å². The third-order valence-corrected chi connectivity index (χ3v) is 3.84. The van der Waals surface area contributed by atoms with Crippen molar-refractivity contribution in [1.82, 2.24) is 15.2 Å². The van der Waals surface area contributed by atoms with Crippen LogP contribution in [0.15, 0.2) is 66.0 Å². The number of nitrogens with zero attached hydrogens (tertiary/aromatic N) is 4. The fourth-order valence-electron chi connectivity index (χ4n) is 2.29. The maximum Gasteiger partial charge on any atom is 0.271 e. The van der Waals surface area contributed by atoms with E-state index in [0.717, 1.165) is 5.56 Å². The van der Waals surface area contributed by atoms with Gasteiger partial charge >= 0.3 is 0 Å². The summed E-state index contributed by atoms with van der Waals surface area (Å²) in [6.07, 6.45) is 4.69. The molecule has 3 rings (SSSR count). The van der Waals surface area contributed by atoms with Crippen molar-refractivity contribution in [2.24, 2.45) is 5.10 Å². The Bertz CT molecular complexity index is 981. The molecule has 8 nitrogen and oxygen atoms in total. The highest BCUT2D eigenvalue weighted by Crippen LogP contribution is 2.11. The van der Waals surface area contributed by atoms with Gasteiger partial charge < -0.3 is 0 Å². The normalized spacial score (nSPS) is 10.9. The van der Waals surface area contributed by atoms with Gasteiger partial charge in [0.2, 0.25) is 0 Å². The van der Waals surface area contributed by atoms with Gasteiger partial charge in [0.25, 0.3) is 11.6 Å². The molecular weight excluding hydrogens is 370 g/mol. The van der Waals surface area contributed by atoms with E-state index >= 15 is 0 Å². The zero-order chi connectivity index (χ0) is 19.2. The first-order valence-electron chi connectivity index (χ1n) is 7.86. The molecule has 9 heteroatoms.